The molecule has 1 aliphatic heterocycles. The Morgan fingerprint density at radius 2 is 1.79 bits per heavy atom. The maximum atomic E-state index is 12.8. The minimum Gasteiger partial charge on any atom is -0.339 e. The van der Waals surface area contributed by atoms with Gasteiger partial charge in [-0.15, -0.1) is 0 Å². The summed E-state index contributed by atoms with van der Waals surface area (Å²) in [5, 5.41) is 4.18. The molecule has 1 aliphatic rings. The number of carbonyl (C=O) groups excluding carboxylic acids is 2. The zero-order valence-corrected chi connectivity index (χ0v) is 19.9. The van der Waals surface area contributed by atoms with Crippen molar-refractivity contribution in [2.45, 2.75) is 33.2 Å². The number of amides is 2. The molecule has 0 bridgehead atoms. The van der Waals surface area contributed by atoms with Crippen LogP contribution in [0.2, 0.25) is 0 Å². The standard InChI is InChI=1S/C25H31N3O4S/c1-3-27(20(2)29)19-22-10-7-11-24(18-22)26-25(30)23-12-15-28(16-13-23)33(31,32)17-14-21-8-5-4-6-9-21/h4-11,14,17-18,23H,3,12-13,15-16,19H2,1-2H3,(H,26,30)/b17-14+. The molecule has 8 heteroatoms. The normalized spacial score (nSPS) is 15.5. The molecule has 7 nitrogen and oxygen atoms in total. The van der Waals surface area contributed by atoms with E-state index < -0.39 is 10.0 Å². The molecular weight excluding hydrogens is 438 g/mol. The lowest BCUT2D eigenvalue weighted by Gasteiger charge is -2.29. The Hall–Kier alpha value is -2.97. The summed E-state index contributed by atoms with van der Waals surface area (Å²) < 4.78 is 26.7. The quantitative estimate of drug-likeness (QED) is 0.639. The molecule has 2 aromatic carbocycles. The van der Waals surface area contributed by atoms with Gasteiger partial charge in [0, 0.05) is 50.1 Å². The van der Waals surface area contributed by atoms with Crippen LogP contribution in [0.5, 0.6) is 0 Å². The van der Waals surface area contributed by atoms with Gasteiger partial charge in [0.05, 0.1) is 0 Å². The number of nitrogens with one attached hydrogen (secondary N) is 1. The topological polar surface area (TPSA) is 86.8 Å². The molecule has 2 amide bonds. The van der Waals surface area contributed by atoms with E-state index in [-0.39, 0.29) is 17.7 Å². The predicted molar refractivity (Wildman–Crippen MR) is 131 cm³/mol. The van der Waals surface area contributed by atoms with Crippen molar-refractivity contribution in [2.75, 3.05) is 25.0 Å². The van der Waals surface area contributed by atoms with Crippen LogP contribution in [0.15, 0.2) is 60.0 Å². The average Bonchev–Trinajstić information content (AvgIpc) is 2.82. The van der Waals surface area contributed by atoms with Crippen LogP contribution in [0.3, 0.4) is 0 Å². The largest absolute Gasteiger partial charge is 0.339 e. The van der Waals surface area contributed by atoms with Crippen molar-refractivity contribution < 1.29 is 18.0 Å². The summed E-state index contributed by atoms with van der Waals surface area (Å²) in [6.07, 6.45) is 2.53. The third kappa shape index (κ3) is 7.00. The van der Waals surface area contributed by atoms with Gasteiger partial charge in [0.1, 0.15) is 0 Å². The molecule has 2 aromatic rings. The number of sulfonamides is 1. The molecule has 1 saturated heterocycles. The zero-order chi connectivity index (χ0) is 23.8. The minimum atomic E-state index is -3.53. The molecule has 0 aromatic heterocycles. The van der Waals surface area contributed by atoms with E-state index in [9.17, 15) is 18.0 Å². The van der Waals surface area contributed by atoms with Crippen molar-refractivity contribution >= 4 is 33.6 Å². The highest BCUT2D eigenvalue weighted by Crippen LogP contribution is 2.23. The average molecular weight is 470 g/mol. The van der Waals surface area contributed by atoms with E-state index in [1.165, 1.54) is 9.71 Å². The molecule has 0 spiro atoms. The van der Waals surface area contributed by atoms with E-state index in [0.717, 1.165) is 11.1 Å². The third-order valence-corrected chi connectivity index (χ3v) is 7.38. The summed E-state index contributed by atoms with van der Waals surface area (Å²) in [5.41, 5.74) is 2.44. The van der Waals surface area contributed by atoms with Crippen LogP contribution in [0, 0.1) is 5.92 Å². The van der Waals surface area contributed by atoms with Crippen LogP contribution in [-0.4, -0.2) is 49.1 Å². The van der Waals surface area contributed by atoms with Gasteiger partial charge in [0.25, 0.3) is 0 Å². The molecule has 0 aliphatic carbocycles. The number of benzene rings is 2. The lowest BCUT2D eigenvalue weighted by molar-refractivity contribution is -0.129. The number of carbonyl (C=O) groups is 2. The van der Waals surface area contributed by atoms with Gasteiger partial charge >= 0.3 is 0 Å². The van der Waals surface area contributed by atoms with Gasteiger partial charge in [-0.3, -0.25) is 9.59 Å². The van der Waals surface area contributed by atoms with Gasteiger partial charge in [-0.1, -0.05) is 42.5 Å². The van der Waals surface area contributed by atoms with Crippen LogP contribution < -0.4 is 5.32 Å². The van der Waals surface area contributed by atoms with Crippen LogP contribution in [0.1, 0.15) is 37.8 Å². The van der Waals surface area contributed by atoms with E-state index in [2.05, 4.69) is 5.32 Å². The molecule has 0 radical (unpaired) electrons. The van der Waals surface area contributed by atoms with Crippen LogP contribution in [0.4, 0.5) is 5.69 Å². The molecule has 176 valence electrons. The number of nitrogens with zero attached hydrogens (tertiary/aromatic N) is 2. The maximum absolute atomic E-state index is 12.8. The van der Waals surface area contributed by atoms with E-state index in [4.69, 9.17) is 0 Å². The Bertz CT molecular complexity index is 1090. The Morgan fingerprint density at radius 3 is 2.42 bits per heavy atom. The lowest BCUT2D eigenvalue weighted by atomic mass is 9.97. The second-order valence-electron chi connectivity index (χ2n) is 8.15. The molecule has 1 N–H and O–H groups in total. The van der Waals surface area contributed by atoms with Gasteiger partial charge < -0.3 is 10.2 Å². The van der Waals surface area contributed by atoms with Gasteiger partial charge in [-0.25, -0.2) is 8.42 Å². The molecule has 33 heavy (non-hydrogen) atoms. The Kier molecular flexibility index (Phi) is 8.41. The summed E-state index contributed by atoms with van der Waals surface area (Å²) in [4.78, 5) is 26.2. The van der Waals surface area contributed by atoms with Crippen LogP contribution in [0.25, 0.3) is 6.08 Å². The SMILES string of the molecule is CCN(Cc1cccc(NC(=O)C2CCN(S(=O)(=O)/C=C/c3ccccc3)CC2)c1)C(C)=O. The number of hydrogen-bond donors (Lipinski definition) is 1. The van der Waals surface area contributed by atoms with Gasteiger partial charge in [-0.2, -0.15) is 4.31 Å². The van der Waals surface area contributed by atoms with E-state index in [1.54, 1.807) is 17.9 Å². The van der Waals surface area contributed by atoms with Crippen LogP contribution >= 0.6 is 0 Å². The molecule has 0 saturated carbocycles. The van der Waals surface area contributed by atoms with Crippen molar-refractivity contribution in [3.8, 4) is 0 Å². The number of piperidine rings is 1. The van der Waals surface area contributed by atoms with E-state index >= 15 is 0 Å². The second kappa shape index (κ2) is 11.2. The van der Waals surface area contributed by atoms with Gasteiger partial charge in [0.15, 0.2) is 0 Å². The monoisotopic (exact) mass is 469 g/mol. The highest BCUT2D eigenvalue weighted by molar-refractivity contribution is 7.92. The fourth-order valence-corrected chi connectivity index (χ4v) is 5.07. The molecule has 0 atom stereocenters. The molecular formula is C25H31N3O4S. The second-order valence-corrected chi connectivity index (χ2v) is 9.97. The van der Waals surface area contributed by atoms with Crippen molar-refractivity contribution in [3.05, 3.63) is 71.1 Å². The Morgan fingerprint density at radius 1 is 1.09 bits per heavy atom. The fraction of sp³-hybridized carbons (Fsp3) is 0.360. The summed E-state index contributed by atoms with van der Waals surface area (Å²) in [6.45, 7) is 5.19. The first-order valence-electron chi connectivity index (χ1n) is 11.2. The van der Waals surface area contributed by atoms with Crippen molar-refractivity contribution in [2.24, 2.45) is 5.92 Å². The number of rotatable bonds is 8. The van der Waals surface area contributed by atoms with Gasteiger partial charge in [0.2, 0.25) is 21.8 Å². The first kappa shape index (κ1) is 24.7. The minimum absolute atomic E-state index is 0.00673. The summed E-state index contributed by atoms with van der Waals surface area (Å²) >= 11 is 0. The summed E-state index contributed by atoms with van der Waals surface area (Å²) in [6, 6.07) is 16.8. The molecule has 1 fully saturated rings. The Labute approximate surface area is 196 Å². The first-order chi connectivity index (χ1) is 15.8. The Balaban J connectivity index is 1.55. The summed E-state index contributed by atoms with van der Waals surface area (Å²) in [5.74, 6) is -0.349. The zero-order valence-electron chi connectivity index (χ0n) is 19.1. The summed E-state index contributed by atoms with van der Waals surface area (Å²) in [7, 11) is -3.53. The molecule has 1 heterocycles. The highest BCUT2D eigenvalue weighted by atomic mass is 32.2. The van der Waals surface area contributed by atoms with Crippen molar-refractivity contribution in [1.29, 1.82) is 0 Å². The van der Waals surface area contributed by atoms with E-state index in [1.807, 2.05) is 61.5 Å². The smallest absolute Gasteiger partial charge is 0.236 e. The third-order valence-electron chi connectivity index (χ3n) is 5.81. The first-order valence-corrected chi connectivity index (χ1v) is 12.7. The maximum Gasteiger partial charge on any atom is 0.236 e. The van der Waals surface area contributed by atoms with Crippen molar-refractivity contribution in [1.82, 2.24) is 9.21 Å². The number of anilines is 1. The van der Waals surface area contributed by atoms with Crippen LogP contribution in [-0.2, 0) is 26.2 Å². The highest BCUT2D eigenvalue weighted by Gasteiger charge is 2.30. The fourth-order valence-electron chi connectivity index (χ4n) is 3.85. The predicted octanol–water partition coefficient (Wildman–Crippen LogP) is 3.71. The molecule has 3 rings (SSSR count). The molecule has 0 unspecified atom stereocenters. The van der Waals surface area contributed by atoms with E-state index in [0.29, 0.717) is 44.7 Å². The van der Waals surface area contributed by atoms with Crippen molar-refractivity contribution in [3.63, 3.8) is 0 Å². The number of hydrogen-bond acceptors (Lipinski definition) is 4. The van der Waals surface area contributed by atoms with Gasteiger partial charge in [-0.05, 0) is 49.1 Å². The lowest BCUT2D eigenvalue weighted by Crippen LogP contribution is -2.40.